The van der Waals surface area contributed by atoms with Crippen molar-refractivity contribution in [1.82, 2.24) is 0 Å². The molecule has 0 heterocycles. The molecule has 0 saturated heterocycles. The molecule has 0 saturated carbocycles. The van der Waals surface area contributed by atoms with Gasteiger partial charge in [-0.3, -0.25) is 5.32 Å². The van der Waals surface area contributed by atoms with Gasteiger partial charge >= 0.3 is 12.1 Å². The Hall–Kier alpha value is -2.89. The summed E-state index contributed by atoms with van der Waals surface area (Å²) in [5.41, 5.74) is 0.00867. The second kappa shape index (κ2) is 6.51. The second-order valence-electron chi connectivity index (χ2n) is 4.15. The number of ether oxygens (including phenoxy) is 1. The van der Waals surface area contributed by atoms with Gasteiger partial charge in [0.2, 0.25) is 0 Å². The Bertz CT molecular complexity index is 658. The standard InChI is InChI=1S/C15H12FNO4/c16-12-8-4-7-11(14(18)19)13(12)17-15(20)21-9-10-5-2-1-3-6-10/h1-8H,9H2,(H,17,20)(H,18,19). The molecule has 2 aromatic carbocycles. The number of carboxylic acids is 1. The number of nitrogens with one attached hydrogen (secondary N) is 1. The van der Waals surface area contributed by atoms with E-state index in [-0.39, 0.29) is 12.2 Å². The SMILES string of the molecule is O=C(Nc1c(F)cccc1C(=O)O)OCc1ccccc1. The Kier molecular flexibility index (Phi) is 4.50. The van der Waals surface area contributed by atoms with Gasteiger partial charge in [0.15, 0.2) is 0 Å². The molecule has 0 aliphatic carbocycles. The molecule has 2 rings (SSSR count). The van der Waals surface area contributed by atoms with Crippen molar-refractivity contribution in [3.8, 4) is 0 Å². The first-order valence-corrected chi connectivity index (χ1v) is 6.07. The minimum absolute atomic E-state index is 0.00350. The van der Waals surface area contributed by atoms with Gasteiger partial charge in [-0.05, 0) is 17.7 Å². The summed E-state index contributed by atoms with van der Waals surface area (Å²) in [6, 6.07) is 12.4. The van der Waals surface area contributed by atoms with E-state index in [0.29, 0.717) is 0 Å². The molecule has 0 radical (unpaired) electrons. The lowest BCUT2D eigenvalue weighted by atomic mass is 10.1. The molecule has 108 valence electrons. The highest BCUT2D eigenvalue weighted by Gasteiger charge is 2.17. The van der Waals surface area contributed by atoms with Gasteiger partial charge in [0.25, 0.3) is 0 Å². The van der Waals surface area contributed by atoms with Crippen molar-refractivity contribution < 1.29 is 23.8 Å². The number of rotatable bonds is 4. The van der Waals surface area contributed by atoms with Crippen LogP contribution in [0.15, 0.2) is 48.5 Å². The van der Waals surface area contributed by atoms with E-state index in [1.54, 1.807) is 24.3 Å². The average Bonchev–Trinajstić information content (AvgIpc) is 2.48. The molecule has 2 N–H and O–H groups in total. The summed E-state index contributed by atoms with van der Waals surface area (Å²) < 4.78 is 18.5. The average molecular weight is 289 g/mol. The number of carboxylic acid groups (broad SMARTS) is 1. The summed E-state index contributed by atoms with van der Waals surface area (Å²) in [5, 5.41) is 11.1. The van der Waals surface area contributed by atoms with Crippen molar-refractivity contribution in [2.24, 2.45) is 0 Å². The second-order valence-corrected chi connectivity index (χ2v) is 4.15. The fourth-order valence-electron chi connectivity index (χ4n) is 1.69. The first-order chi connectivity index (χ1) is 10.1. The number of benzene rings is 2. The van der Waals surface area contributed by atoms with E-state index >= 15 is 0 Å². The number of hydrogen-bond acceptors (Lipinski definition) is 3. The molecule has 0 aliphatic heterocycles. The van der Waals surface area contributed by atoms with Crippen LogP contribution in [0.3, 0.4) is 0 Å². The van der Waals surface area contributed by atoms with Crippen molar-refractivity contribution in [1.29, 1.82) is 0 Å². The molecule has 1 amide bonds. The molecule has 0 bridgehead atoms. The van der Waals surface area contributed by atoms with Gasteiger partial charge in [-0.15, -0.1) is 0 Å². The largest absolute Gasteiger partial charge is 0.478 e. The fourth-order valence-corrected chi connectivity index (χ4v) is 1.69. The van der Waals surface area contributed by atoms with Crippen LogP contribution >= 0.6 is 0 Å². The van der Waals surface area contributed by atoms with Gasteiger partial charge in [0.05, 0.1) is 11.3 Å². The lowest BCUT2D eigenvalue weighted by Gasteiger charge is -2.10. The quantitative estimate of drug-likeness (QED) is 0.905. The third-order valence-corrected chi connectivity index (χ3v) is 2.68. The van der Waals surface area contributed by atoms with Crippen LogP contribution in [-0.4, -0.2) is 17.2 Å². The molecule has 0 spiro atoms. The molecule has 0 aliphatic rings. The third kappa shape index (κ3) is 3.79. The predicted molar refractivity (Wildman–Crippen MR) is 73.6 cm³/mol. The van der Waals surface area contributed by atoms with E-state index in [4.69, 9.17) is 9.84 Å². The van der Waals surface area contributed by atoms with Crippen molar-refractivity contribution in [2.45, 2.75) is 6.61 Å². The molecule has 0 unspecified atom stereocenters. The Morgan fingerprint density at radius 1 is 1.10 bits per heavy atom. The van der Waals surface area contributed by atoms with Crippen LogP contribution in [0.25, 0.3) is 0 Å². The molecule has 2 aromatic rings. The van der Waals surface area contributed by atoms with E-state index in [2.05, 4.69) is 5.32 Å². The number of anilines is 1. The maximum absolute atomic E-state index is 13.6. The molecular weight excluding hydrogens is 277 g/mol. The molecule has 21 heavy (non-hydrogen) atoms. The van der Waals surface area contributed by atoms with E-state index < -0.39 is 23.6 Å². The summed E-state index contributed by atoms with van der Waals surface area (Å²) in [6.45, 7) is 0.00350. The zero-order valence-electron chi connectivity index (χ0n) is 10.9. The summed E-state index contributed by atoms with van der Waals surface area (Å²) in [6.07, 6.45) is -0.925. The van der Waals surface area contributed by atoms with Gasteiger partial charge in [-0.25, -0.2) is 14.0 Å². The third-order valence-electron chi connectivity index (χ3n) is 2.68. The molecule has 6 heteroatoms. The van der Waals surface area contributed by atoms with Crippen molar-refractivity contribution in [3.05, 3.63) is 65.5 Å². The highest BCUT2D eigenvalue weighted by Crippen LogP contribution is 2.20. The van der Waals surface area contributed by atoms with E-state index in [1.165, 1.54) is 12.1 Å². The number of aromatic carboxylic acids is 1. The Morgan fingerprint density at radius 3 is 2.48 bits per heavy atom. The summed E-state index contributed by atoms with van der Waals surface area (Å²) in [4.78, 5) is 22.6. The number of para-hydroxylation sites is 1. The van der Waals surface area contributed by atoms with Crippen LogP contribution < -0.4 is 5.32 Å². The maximum Gasteiger partial charge on any atom is 0.412 e. The van der Waals surface area contributed by atoms with Crippen LogP contribution in [0.1, 0.15) is 15.9 Å². The van der Waals surface area contributed by atoms with Crippen LogP contribution in [0.5, 0.6) is 0 Å². The molecular formula is C15H12FNO4. The zero-order chi connectivity index (χ0) is 15.2. The fraction of sp³-hybridized carbons (Fsp3) is 0.0667. The van der Waals surface area contributed by atoms with Crippen LogP contribution in [-0.2, 0) is 11.3 Å². The topological polar surface area (TPSA) is 75.6 Å². The van der Waals surface area contributed by atoms with Gasteiger partial charge in [-0.2, -0.15) is 0 Å². The van der Waals surface area contributed by atoms with Crippen LogP contribution in [0.2, 0.25) is 0 Å². The molecule has 0 atom stereocenters. The maximum atomic E-state index is 13.6. The van der Waals surface area contributed by atoms with Crippen molar-refractivity contribution in [3.63, 3.8) is 0 Å². The molecule has 5 nitrogen and oxygen atoms in total. The first-order valence-electron chi connectivity index (χ1n) is 6.07. The monoisotopic (exact) mass is 289 g/mol. The van der Waals surface area contributed by atoms with E-state index in [1.807, 2.05) is 6.07 Å². The lowest BCUT2D eigenvalue weighted by Crippen LogP contribution is -2.17. The molecule has 0 fully saturated rings. The van der Waals surface area contributed by atoms with E-state index in [9.17, 15) is 14.0 Å². The summed E-state index contributed by atoms with van der Waals surface area (Å²) in [5.74, 6) is -2.18. The number of halogens is 1. The number of carbonyl (C=O) groups is 2. The smallest absolute Gasteiger partial charge is 0.412 e. The van der Waals surface area contributed by atoms with Crippen molar-refractivity contribution in [2.75, 3.05) is 5.32 Å². The Labute approximate surface area is 120 Å². The minimum atomic E-state index is -1.34. The summed E-state index contributed by atoms with van der Waals surface area (Å²) >= 11 is 0. The van der Waals surface area contributed by atoms with Crippen LogP contribution in [0.4, 0.5) is 14.9 Å². The molecule has 0 aromatic heterocycles. The highest BCUT2D eigenvalue weighted by molar-refractivity contribution is 5.98. The van der Waals surface area contributed by atoms with Gasteiger partial charge in [0.1, 0.15) is 12.4 Å². The number of hydrogen-bond donors (Lipinski definition) is 2. The Morgan fingerprint density at radius 2 is 1.81 bits per heavy atom. The number of amides is 1. The summed E-state index contributed by atoms with van der Waals surface area (Å²) in [7, 11) is 0. The normalized spacial score (nSPS) is 9.95. The lowest BCUT2D eigenvalue weighted by molar-refractivity contribution is 0.0697. The van der Waals surface area contributed by atoms with Gasteiger partial charge < -0.3 is 9.84 Å². The minimum Gasteiger partial charge on any atom is -0.478 e. The zero-order valence-corrected chi connectivity index (χ0v) is 10.9. The van der Waals surface area contributed by atoms with E-state index in [0.717, 1.165) is 11.6 Å². The first kappa shape index (κ1) is 14.5. The predicted octanol–water partition coefficient (Wildman–Crippen LogP) is 3.27. The van der Waals surface area contributed by atoms with Gasteiger partial charge in [0, 0.05) is 0 Å². The number of carbonyl (C=O) groups excluding carboxylic acids is 1. The Balaban J connectivity index is 2.05. The van der Waals surface area contributed by atoms with Crippen LogP contribution in [0, 0.1) is 5.82 Å². The van der Waals surface area contributed by atoms with Crippen molar-refractivity contribution >= 4 is 17.7 Å². The highest BCUT2D eigenvalue weighted by atomic mass is 19.1. The van der Waals surface area contributed by atoms with Gasteiger partial charge in [-0.1, -0.05) is 36.4 Å².